The highest BCUT2D eigenvalue weighted by molar-refractivity contribution is 5.90. The summed E-state index contributed by atoms with van der Waals surface area (Å²) in [6, 6.07) is 1.89. The van der Waals surface area contributed by atoms with E-state index in [1.165, 1.54) is 0 Å². The van der Waals surface area contributed by atoms with Crippen molar-refractivity contribution < 1.29 is 9.53 Å². The lowest BCUT2D eigenvalue weighted by atomic mass is 10.4. The molecule has 2 aromatic rings. The molecule has 0 atom stereocenters. The lowest BCUT2D eigenvalue weighted by Crippen LogP contribution is -2.26. The molecule has 102 valence electrons. The molecule has 0 aromatic carbocycles. The van der Waals surface area contributed by atoms with Gasteiger partial charge >= 0.3 is 0 Å². The lowest BCUT2D eigenvalue weighted by molar-refractivity contribution is 0.0938. The number of nitrogens with zero attached hydrogens (tertiary/aromatic N) is 4. The Morgan fingerprint density at radius 2 is 2.21 bits per heavy atom. The van der Waals surface area contributed by atoms with E-state index in [0.717, 1.165) is 17.8 Å². The Balaban J connectivity index is 2.12. The van der Waals surface area contributed by atoms with Crippen LogP contribution in [0.4, 0.5) is 0 Å². The highest BCUT2D eigenvalue weighted by atomic mass is 16.5. The van der Waals surface area contributed by atoms with Crippen molar-refractivity contribution in [3.8, 4) is 0 Å². The summed E-state index contributed by atoms with van der Waals surface area (Å²) in [5.74, 6) is 0.289. The molecule has 0 aliphatic heterocycles. The minimum atomic E-state index is -0.293. The summed E-state index contributed by atoms with van der Waals surface area (Å²) >= 11 is 0. The van der Waals surface area contributed by atoms with Crippen LogP contribution >= 0.6 is 0 Å². The van der Waals surface area contributed by atoms with Crippen LogP contribution in [-0.4, -0.2) is 45.8 Å². The molecule has 0 bridgehead atoms. The number of nitrogens with one attached hydrogen (secondary N) is 1. The van der Waals surface area contributed by atoms with Gasteiger partial charge in [-0.1, -0.05) is 0 Å². The normalized spacial score (nSPS) is 10.9. The topological polar surface area (TPSA) is 81.4 Å². The molecule has 19 heavy (non-hydrogen) atoms. The molecule has 1 amide bonds. The van der Waals surface area contributed by atoms with Gasteiger partial charge in [0.15, 0.2) is 0 Å². The Bertz CT molecular complexity index is 593. The van der Waals surface area contributed by atoms with Gasteiger partial charge in [-0.15, -0.1) is 5.10 Å². The fourth-order valence-corrected chi connectivity index (χ4v) is 1.76. The van der Waals surface area contributed by atoms with Crippen molar-refractivity contribution in [2.24, 2.45) is 0 Å². The molecule has 7 heteroatoms. The number of hydrogen-bond donors (Lipinski definition) is 1. The van der Waals surface area contributed by atoms with Gasteiger partial charge in [0.25, 0.3) is 11.7 Å². The predicted molar refractivity (Wildman–Crippen MR) is 69.1 cm³/mol. The maximum Gasteiger partial charge on any atom is 0.291 e. The zero-order valence-corrected chi connectivity index (χ0v) is 11.3. The van der Waals surface area contributed by atoms with Gasteiger partial charge in [-0.25, -0.2) is 9.50 Å². The molecule has 2 heterocycles. The predicted octanol–water partition coefficient (Wildman–Crippen LogP) is 0.507. The van der Waals surface area contributed by atoms with Gasteiger partial charge in [-0.2, -0.15) is 4.98 Å². The molecular formula is C12H17N5O2. The third-order valence-corrected chi connectivity index (χ3v) is 2.63. The SMILES string of the molecule is COCCCNC(=O)c1nc2nc(C)cc(C)n2n1. The molecule has 0 aliphatic carbocycles. The third-order valence-electron chi connectivity index (χ3n) is 2.63. The van der Waals surface area contributed by atoms with Crippen LogP contribution in [0.25, 0.3) is 5.78 Å². The van der Waals surface area contributed by atoms with Gasteiger partial charge < -0.3 is 10.1 Å². The van der Waals surface area contributed by atoms with E-state index in [9.17, 15) is 4.79 Å². The fraction of sp³-hybridized carbons (Fsp3) is 0.500. The molecule has 2 rings (SSSR count). The molecule has 2 aromatic heterocycles. The first-order chi connectivity index (χ1) is 9.11. The molecule has 1 N–H and O–H groups in total. The molecule has 0 saturated carbocycles. The van der Waals surface area contributed by atoms with Crippen molar-refractivity contribution in [1.29, 1.82) is 0 Å². The smallest absolute Gasteiger partial charge is 0.291 e. The largest absolute Gasteiger partial charge is 0.385 e. The van der Waals surface area contributed by atoms with E-state index in [1.54, 1.807) is 11.6 Å². The summed E-state index contributed by atoms with van der Waals surface area (Å²) in [5.41, 5.74) is 1.75. The summed E-state index contributed by atoms with van der Waals surface area (Å²) < 4.78 is 6.48. The number of aromatic nitrogens is 4. The van der Waals surface area contributed by atoms with Crippen LogP contribution in [0.5, 0.6) is 0 Å². The quantitative estimate of drug-likeness (QED) is 0.795. The van der Waals surface area contributed by atoms with Crippen molar-refractivity contribution >= 4 is 11.7 Å². The number of aryl methyl sites for hydroxylation is 2. The van der Waals surface area contributed by atoms with Crippen LogP contribution in [-0.2, 0) is 4.74 Å². The van der Waals surface area contributed by atoms with Crippen molar-refractivity contribution in [2.75, 3.05) is 20.3 Å². The second kappa shape index (κ2) is 5.75. The van der Waals surface area contributed by atoms with Crippen LogP contribution < -0.4 is 5.32 Å². The molecular weight excluding hydrogens is 246 g/mol. The third kappa shape index (κ3) is 3.05. The number of methoxy groups -OCH3 is 1. The van der Waals surface area contributed by atoms with Crippen molar-refractivity contribution in [3.05, 3.63) is 23.3 Å². The second-order valence-electron chi connectivity index (χ2n) is 4.29. The number of fused-ring (bicyclic) bond motifs is 1. The number of amides is 1. The number of hydrogen-bond acceptors (Lipinski definition) is 5. The summed E-state index contributed by atoms with van der Waals surface area (Å²) in [7, 11) is 1.63. The van der Waals surface area contributed by atoms with Crippen LogP contribution in [0.15, 0.2) is 6.07 Å². The van der Waals surface area contributed by atoms with E-state index >= 15 is 0 Å². The Labute approximate surface area is 111 Å². The number of carbonyl (C=O) groups is 1. The fourth-order valence-electron chi connectivity index (χ4n) is 1.76. The van der Waals surface area contributed by atoms with E-state index in [4.69, 9.17) is 4.74 Å². The zero-order valence-electron chi connectivity index (χ0n) is 11.3. The minimum Gasteiger partial charge on any atom is -0.385 e. The van der Waals surface area contributed by atoms with Crippen LogP contribution in [0.2, 0.25) is 0 Å². The van der Waals surface area contributed by atoms with Crippen LogP contribution in [0.1, 0.15) is 28.4 Å². The Kier molecular flexibility index (Phi) is 4.06. The van der Waals surface area contributed by atoms with E-state index in [-0.39, 0.29) is 11.7 Å². The summed E-state index contributed by atoms with van der Waals surface area (Å²) in [5, 5.41) is 6.90. The first-order valence-electron chi connectivity index (χ1n) is 6.10. The first kappa shape index (κ1) is 13.4. The summed E-state index contributed by atoms with van der Waals surface area (Å²) in [6.45, 7) is 4.93. The van der Waals surface area contributed by atoms with Crippen molar-refractivity contribution in [1.82, 2.24) is 24.9 Å². The average Bonchev–Trinajstić information content (AvgIpc) is 2.78. The molecule has 0 aliphatic rings. The zero-order chi connectivity index (χ0) is 13.8. The molecule has 0 saturated heterocycles. The Hall–Kier alpha value is -2.02. The standard InChI is InChI=1S/C12H17N5O2/c1-8-7-9(2)17-12(14-8)15-10(16-17)11(18)13-5-4-6-19-3/h7H,4-6H2,1-3H3,(H,13,18). The summed E-state index contributed by atoms with van der Waals surface area (Å²) in [4.78, 5) is 20.2. The van der Waals surface area contributed by atoms with Crippen LogP contribution in [0, 0.1) is 13.8 Å². The molecule has 0 unspecified atom stereocenters. The molecule has 0 radical (unpaired) electrons. The van der Waals surface area contributed by atoms with E-state index in [2.05, 4.69) is 20.4 Å². The highest BCUT2D eigenvalue weighted by Crippen LogP contribution is 2.05. The monoisotopic (exact) mass is 263 g/mol. The van der Waals surface area contributed by atoms with E-state index in [1.807, 2.05) is 19.9 Å². The highest BCUT2D eigenvalue weighted by Gasteiger charge is 2.14. The minimum absolute atomic E-state index is 0.138. The van der Waals surface area contributed by atoms with Crippen LogP contribution in [0.3, 0.4) is 0 Å². The maximum atomic E-state index is 11.9. The summed E-state index contributed by atoms with van der Waals surface area (Å²) in [6.07, 6.45) is 0.756. The Morgan fingerprint density at radius 3 is 2.95 bits per heavy atom. The molecule has 0 spiro atoms. The molecule has 7 nitrogen and oxygen atoms in total. The van der Waals surface area contributed by atoms with Gasteiger partial charge in [0.2, 0.25) is 5.82 Å². The van der Waals surface area contributed by atoms with E-state index in [0.29, 0.717) is 18.9 Å². The maximum absolute atomic E-state index is 11.9. The van der Waals surface area contributed by atoms with Crippen molar-refractivity contribution in [2.45, 2.75) is 20.3 Å². The van der Waals surface area contributed by atoms with Gasteiger partial charge in [-0.3, -0.25) is 4.79 Å². The van der Waals surface area contributed by atoms with E-state index < -0.39 is 0 Å². The number of carbonyl (C=O) groups excluding carboxylic acids is 1. The number of rotatable bonds is 5. The number of ether oxygens (including phenoxy) is 1. The van der Waals surface area contributed by atoms with Gasteiger partial charge in [0.05, 0.1) is 0 Å². The van der Waals surface area contributed by atoms with Gasteiger partial charge in [-0.05, 0) is 26.3 Å². The molecule has 0 fully saturated rings. The second-order valence-corrected chi connectivity index (χ2v) is 4.29. The van der Waals surface area contributed by atoms with Gasteiger partial charge in [0.1, 0.15) is 0 Å². The van der Waals surface area contributed by atoms with Gasteiger partial charge in [0, 0.05) is 31.6 Å². The van der Waals surface area contributed by atoms with Crippen molar-refractivity contribution in [3.63, 3.8) is 0 Å². The Morgan fingerprint density at radius 1 is 1.42 bits per heavy atom. The average molecular weight is 263 g/mol. The first-order valence-corrected chi connectivity index (χ1v) is 6.10. The lowest BCUT2D eigenvalue weighted by Gasteiger charge is -2.00.